The highest BCUT2D eigenvalue weighted by Gasteiger charge is 2.21. The Morgan fingerprint density at radius 1 is 1.00 bits per heavy atom. The van der Waals surface area contributed by atoms with Crippen molar-refractivity contribution < 1.29 is 9.47 Å². The second kappa shape index (κ2) is 8.99. The van der Waals surface area contributed by atoms with Crippen molar-refractivity contribution in [2.45, 2.75) is 6.92 Å². The van der Waals surface area contributed by atoms with Crippen molar-refractivity contribution in [3.05, 3.63) is 88.7 Å². The Morgan fingerprint density at radius 3 is 2.50 bits per heavy atom. The number of H-pyrrole nitrogens is 1. The lowest BCUT2D eigenvalue weighted by atomic mass is 10.1. The van der Waals surface area contributed by atoms with Crippen LogP contribution in [0.1, 0.15) is 12.5 Å². The van der Waals surface area contributed by atoms with Gasteiger partial charge < -0.3 is 9.47 Å². The van der Waals surface area contributed by atoms with Gasteiger partial charge in [0.15, 0.2) is 0 Å². The zero-order valence-corrected chi connectivity index (χ0v) is 19.7. The number of thiazole rings is 1. The fourth-order valence-corrected chi connectivity index (χ4v) is 4.72. The Bertz CT molecular complexity index is 1530. The van der Waals surface area contributed by atoms with Crippen LogP contribution in [-0.2, 0) is 0 Å². The fourth-order valence-electron chi connectivity index (χ4n) is 3.79. The molecule has 0 saturated carbocycles. The van der Waals surface area contributed by atoms with E-state index in [9.17, 15) is 4.79 Å². The predicted molar refractivity (Wildman–Crippen MR) is 136 cm³/mol. The number of rotatable bonds is 6. The minimum atomic E-state index is -0.216. The number of nitrogens with one attached hydrogen (secondary N) is 1. The smallest absolute Gasteiger partial charge is 0.283 e. The molecule has 0 aliphatic heterocycles. The highest BCUT2D eigenvalue weighted by atomic mass is 32.1. The summed E-state index contributed by atoms with van der Waals surface area (Å²) in [6.45, 7) is 1.82. The SMILES string of the molecule is COc1ccc(N=C(C)c2c(-c3ccccc3)[nH]n(-c3nc4ccccc4s3)c2=O)c(OC)c1. The molecular formula is C26H22N4O3S. The van der Waals surface area contributed by atoms with Crippen molar-refractivity contribution in [3.8, 4) is 27.9 Å². The highest BCUT2D eigenvalue weighted by molar-refractivity contribution is 7.20. The Labute approximate surface area is 199 Å². The second-order valence-electron chi connectivity index (χ2n) is 7.57. The monoisotopic (exact) mass is 470 g/mol. The van der Waals surface area contributed by atoms with E-state index in [0.717, 1.165) is 15.8 Å². The lowest BCUT2D eigenvalue weighted by Crippen LogP contribution is -2.19. The quantitative estimate of drug-likeness (QED) is 0.328. The fraction of sp³-hybridized carbons (Fsp3) is 0.115. The summed E-state index contributed by atoms with van der Waals surface area (Å²) in [6, 6.07) is 22.9. The van der Waals surface area contributed by atoms with Gasteiger partial charge in [0.25, 0.3) is 5.56 Å². The number of fused-ring (bicyclic) bond motifs is 1. The van der Waals surface area contributed by atoms with Crippen LogP contribution in [0.15, 0.2) is 82.6 Å². The Hall–Kier alpha value is -4.17. The molecule has 0 bridgehead atoms. The summed E-state index contributed by atoms with van der Waals surface area (Å²) < 4.78 is 13.3. The molecule has 0 spiro atoms. The van der Waals surface area contributed by atoms with Gasteiger partial charge >= 0.3 is 0 Å². The van der Waals surface area contributed by atoms with E-state index in [-0.39, 0.29) is 5.56 Å². The maximum atomic E-state index is 13.7. The maximum absolute atomic E-state index is 13.7. The number of aromatic amines is 1. The first-order valence-corrected chi connectivity index (χ1v) is 11.4. The lowest BCUT2D eigenvalue weighted by molar-refractivity contribution is 0.395. The number of hydrogen-bond donors (Lipinski definition) is 1. The summed E-state index contributed by atoms with van der Waals surface area (Å²) >= 11 is 1.45. The number of nitrogens with zero attached hydrogens (tertiary/aromatic N) is 3. The molecule has 5 aromatic rings. The third-order valence-electron chi connectivity index (χ3n) is 5.46. The van der Waals surface area contributed by atoms with Crippen molar-refractivity contribution in [2.75, 3.05) is 14.2 Å². The van der Waals surface area contributed by atoms with Crippen molar-refractivity contribution in [2.24, 2.45) is 4.99 Å². The molecule has 3 aromatic carbocycles. The van der Waals surface area contributed by atoms with E-state index in [1.54, 1.807) is 20.3 Å². The van der Waals surface area contributed by atoms with E-state index in [4.69, 9.17) is 14.5 Å². The van der Waals surface area contributed by atoms with E-state index in [0.29, 0.717) is 39.3 Å². The Morgan fingerprint density at radius 2 is 1.76 bits per heavy atom. The predicted octanol–water partition coefficient (Wildman–Crippen LogP) is 5.60. The molecule has 170 valence electrons. The van der Waals surface area contributed by atoms with Gasteiger partial charge in [-0.15, -0.1) is 0 Å². The molecule has 5 rings (SSSR count). The van der Waals surface area contributed by atoms with Gasteiger partial charge in [-0.3, -0.25) is 9.89 Å². The summed E-state index contributed by atoms with van der Waals surface area (Å²) in [5, 5.41) is 3.85. The standard InChI is InChI=1S/C26H22N4O3S/c1-16(27-19-14-13-18(32-2)15-21(19)33-3)23-24(17-9-5-4-6-10-17)29-30(25(23)31)26-28-20-11-7-8-12-22(20)34-26/h4-15,29H,1-3H3. The van der Waals surface area contributed by atoms with Gasteiger partial charge in [-0.1, -0.05) is 53.8 Å². The Balaban J connectivity index is 1.70. The molecule has 2 heterocycles. The van der Waals surface area contributed by atoms with Gasteiger partial charge in [0.05, 0.1) is 41.4 Å². The zero-order valence-electron chi connectivity index (χ0n) is 18.9. The van der Waals surface area contributed by atoms with Crippen LogP contribution in [0.4, 0.5) is 5.69 Å². The molecule has 0 unspecified atom stereocenters. The molecule has 0 aliphatic rings. The summed E-state index contributed by atoms with van der Waals surface area (Å²) in [7, 11) is 3.17. The van der Waals surface area contributed by atoms with E-state index in [1.807, 2.05) is 73.7 Å². The molecule has 0 radical (unpaired) electrons. The lowest BCUT2D eigenvalue weighted by Gasteiger charge is -2.08. The average Bonchev–Trinajstić information content (AvgIpc) is 3.45. The number of aromatic nitrogens is 3. The molecule has 7 nitrogen and oxygen atoms in total. The number of ether oxygens (including phenoxy) is 2. The van der Waals surface area contributed by atoms with Crippen LogP contribution in [0.25, 0.3) is 26.6 Å². The van der Waals surface area contributed by atoms with Crippen LogP contribution in [-0.4, -0.2) is 34.7 Å². The third-order valence-corrected chi connectivity index (χ3v) is 6.49. The molecule has 0 saturated heterocycles. The minimum Gasteiger partial charge on any atom is -0.497 e. The van der Waals surface area contributed by atoms with Crippen molar-refractivity contribution in [1.29, 1.82) is 0 Å². The van der Waals surface area contributed by atoms with E-state index in [1.165, 1.54) is 16.0 Å². The van der Waals surface area contributed by atoms with Crippen LogP contribution < -0.4 is 15.0 Å². The number of methoxy groups -OCH3 is 2. The topological polar surface area (TPSA) is 81.5 Å². The third kappa shape index (κ3) is 3.88. The average molecular weight is 471 g/mol. The van der Waals surface area contributed by atoms with Crippen LogP contribution in [0.3, 0.4) is 0 Å². The van der Waals surface area contributed by atoms with Gasteiger partial charge in [-0.25, -0.2) is 9.98 Å². The van der Waals surface area contributed by atoms with Crippen molar-refractivity contribution in [1.82, 2.24) is 14.8 Å². The van der Waals surface area contributed by atoms with Crippen LogP contribution in [0.2, 0.25) is 0 Å². The normalized spacial score (nSPS) is 11.7. The minimum absolute atomic E-state index is 0.216. The molecule has 0 atom stereocenters. The first kappa shape index (κ1) is 21.7. The molecule has 1 N–H and O–H groups in total. The van der Waals surface area contributed by atoms with E-state index < -0.39 is 0 Å². The maximum Gasteiger partial charge on any atom is 0.283 e. The number of hydrogen-bond acceptors (Lipinski definition) is 6. The molecule has 0 aliphatic carbocycles. The van der Waals surface area contributed by atoms with Crippen molar-refractivity contribution >= 4 is 33.0 Å². The second-order valence-corrected chi connectivity index (χ2v) is 8.58. The van der Waals surface area contributed by atoms with E-state index >= 15 is 0 Å². The first-order chi connectivity index (χ1) is 16.6. The van der Waals surface area contributed by atoms with Gasteiger partial charge in [-0.05, 0) is 31.2 Å². The largest absolute Gasteiger partial charge is 0.497 e. The summed E-state index contributed by atoms with van der Waals surface area (Å²) in [4.78, 5) is 23.1. The molecule has 34 heavy (non-hydrogen) atoms. The van der Waals surface area contributed by atoms with Crippen molar-refractivity contribution in [3.63, 3.8) is 0 Å². The van der Waals surface area contributed by atoms with E-state index in [2.05, 4.69) is 10.1 Å². The van der Waals surface area contributed by atoms with Gasteiger partial charge in [0, 0.05) is 11.6 Å². The summed E-state index contributed by atoms with van der Waals surface area (Å²) in [6.07, 6.45) is 0. The summed E-state index contributed by atoms with van der Waals surface area (Å²) in [5.74, 6) is 1.22. The number of benzene rings is 3. The Kier molecular flexibility index (Phi) is 5.73. The molecule has 8 heteroatoms. The van der Waals surface area contributed by atoms with Gasteiger partial charge in [-0.2, -0.15) is 4.68 Å². The zero-order chi connectivity index (χ0) is 23.7. The number of para-hydroxylation sites is 1. The first-order valence-electron chi connectivity index (χ1n) is 10.6. The van der Waals surface area contributed by atoms with Gasteiger partial charge in [0.2, 0.25) is 5.13 Å². The van der Waals surface area contributed by atoms with Gasteiger partial charge in [0.1, 0.15) is 17.2 Å². The molecule has 0 fully saturated rings. The van der Waals surface area contributed by atoms with Crippen LogP contribution >= 0.6 is 11.3 Å². The molecule has 0 amide bonds. The summed E-state index contributed by atoms with van der Waals surface area (Å²) in [5.41, 5.74) is 3.83. The highest BCUT2D eigenvalue weighted by Crippen LogP contribution is 2.33. The van der Waals surface area contributed by atoms with Crippen LogP contribution in [0, 0.1) is 0 Å². The molecular weight excluding hydrogens is 448 g/mol. The van der Waals surface area contributed by atoms with Crippen LogP contribution in [0.5, 0.6) is 11.5 Å². The number of aliphatic imine (C=N–C) groups is 1. The molecule has 2 aromatic heterocycles.